The van der Waals surface area contributed by atoms with Gasteiger partial charge in [-0.2, -0.15) is 0 Å². The lowest BCUT2D eigenvalue weighted by molar-refractivity contribution is -0.136. The molecule has 2 N–H and O–H groups in total. The molecule has 0 aliphatic heterocycles. The van der Waals surface area contributed by atoms with E-state index in [0.29, 0.717) is 0 Å². The number of carboxylic acids is 1. The van der Waals surface area contributed by atoms with E-state index in [4.69, 9.17) is 20.8 Å². The van der Waals surface area contributed by atoms with E-state index in [1.807, 2.05) is 0 Å². The molecule has 0 fully saturated rings. The maximum absolute atomic E-state index is 13.9. The first-order chi connectivity index (χ1) is 10.7. The fourth-order valence-corrected chi connectivity index (χ4v) is 1.89. The van der Waals surface area contributed by atoms with Crippen molar-refractivity contribution in [1.82, 2.24) is 0 Å². The van der Waals surface area contributed by atoms with Gasteiger partial charge in [-0.25, -0.2) is 4.39 Å². The third kappa shape index (κ3) is 3.27. The molecule has 3 nitrogen and oxygen atoms in total. The quantitative estimate of drug-likeness (QED) is 0.891. The van der Waals surface area contributed by atoms with Crippen LogP contribution in [-0.4, -0.2) is 11.1 Å². The van der Waals surface area contributed by atoms with Crippen molar-refractivity contribution >= 4 is 28.9 Å². The van der Waals surface area contributed by atoms with E-state index >= 15 is 0 Å². The van der Waals surface area contributed by atoms with Crippen molar-refractivity contribution < 1.29 is 18.4 Å². The topological polar surface area (TPSA) is 49.3 Å². The summed E-state index contributed by atoms with van der Waals surface area (Å²) in [4.78, 5) is 11.0. The molecule has 0 bridgehead atoms. The second-order valence-corrected chi connectivity index (χ2v) is 4.55. The van der Waals surface area contributed by atoms with E-state index < -0.39 is 18.2 Å². The first-order valence-electron chi connectivity index (χ1n) is 7.26. The number of rotatable bonds is 4. The Balaban J connectivity index is 2.67. The molecule has 0 amide bonds. The second-order valence-electron chi connectivity index (χ2n) is 4.15. The molecule has 0 aliphatic rings. The summed E-state index contributed by atoms with van der Waals surface area (Å²) in [7, 11) is 0. The van der Waals surface area contributed by atoms with Gasteiger partial charge in [0.05, 0.1) is 21.2 Å². The van der Waals surface area contributed by atoms with Crippen LogP contribution in [0.5, 0.6) is 0 Å². The molecule has 2 rings (SSSR count). The van der Waals surface area contributed by atoms with E-state index in [2.05, 4.69) is 5.32 Å². The number of anilines is 2. The number of para-hydroxylation sites is 1. The minimum Gasteiger partial charge on any atom is -0.481 e. The van der Waals surface area contributed by atoms with Gasteiger partial charge >= 0.3 is 5.97 Å². The third-order valence-corrected chi connectivity index (χ3v) is 2.87. The molecule has 104 valence electrons. The fourth-order valence-electron chi connectivity index (χ4n) is 1.68. The van der Waals surface area contributed by atoms with Gasteiger partial charge in [0, 0.05) is 5.69 Å². The number of aliphatic carboxylic acids is 1. The van der Waals surface area contributed by atoms with Gasteiger partial charge in [-0.3, -0.25) is 4.79 Å². The maximum atomic E-state index is 13.9. The molecule has 0 atom stereocenters. The first-order valence-corrected chi connectivity index (χ1v) is 6.13. The number of nitrogens with one attached hydrogen (secondary N) is 1. The number of hydrogen-bond acceptors (Lipinski definition) is 2. The zero-order valence-electron chi connectivity index (χ0n) is 13.6. The molecule has 0 aromatic heterocycles. The van der Waals surface area contributed by atoms with Crippen LogP contribution in [0.1, 0.15) is 15.2 Å². The van der Waals surface area contributed by atoms with Gasteiger partial charge in [0.15, 0.2) is 0 Å². The van der Waals surface area contributed by atoms with Gasteiger partial charge in [0.1, 0.15) is 5.82 Å². The Morgan fingerprint density at radius 3 is 2.90 bits per heavy atom. The molecular formula is C15H13ClFNO2. The predicted molar refractivity (Wildman–Crippen MR) is 77.2 cm³/mol. The average Bonchev–Trinajstić information content (AvgIpc) is 2.48. The predicted octanol–water partition coefficient (Wildman–Crippen LogP) is 4.16. The molecule has 0 saturated heterocycles. The molecule has 0 heterocycles. The third-order valence-electron chi connectivity index (χ3n) is 2.56. The molecule has 2 aromatic carbocycles. The highest BCUT2D eigenvalue weighted by molar-refractivity contribution is 6.33. The number of hydrogen-bond donors (Lipinski definition) is 2. The highest BCUT2D eigenvalue weighted by Crippen LogP contribution is 2.30. The number of carbonyl (C=O) groups is 1. The Kier molecular flexibility index (Phi) is 3.17. The molecule has 2 aromatic rings. The average molecular weight is 297 g/mol. The van der Waals surface area contributed by atoms with E-state index in [-0.39, 0.29) is 45.7 Å². The van der Waals surface area contributed by atoms with E-state index in [9.17, 15) is 9.18 Å². The van der Waals surface area contributed by atoms with Gasteiger partial charge in [-0.05, 0) is 30.7 Å². The molecular weight excluding hydrogens is 281 g/mol. The van der Waals surface area contributed by atoms with Gasteiger partial charge in [-0.15, -0.1) is 0 Å². The second kappa shape index (κ2) is 5.92. The Morgan fingerprint density at radius 1 is 1.50 bits per heavy atom. The Bertz CT molecular complexity index is 779. The summed E-state index contributed by atoms with van der Waals surface area (Å²) in [5, 5.41) is 11.7. The van der Waals surface area contributed by atoms with Crippen molar-refractivity contribution in [3.8, 4) is 0 Å². The Morgan fingerprint density at radius 2 is 2.25 bits per heavy atom. The van der Waals surface area contributed by atoms with Crippen molar-refractivity contribution in [2.45, 2.75) is 13.3 Å². The summed E-state index contributed by atoms with van der Waals surface area (Å²) in [5.74, 6) is -1.88. The smallest absolute Gasteiger partial charge is 0.307 e. The summed E-state index contributed by atoms with van der Waals surface area (Å²) in [6.07, 6.45) is -0.528. The van der Waals surface area contributed by atoms with E-state index in [1.54, 1.807) is 0 Å². The summed E-state index contributed by atoms with van der Waals surface area (Å²) in [6.45, 7) is 1.47. The largest absolute Gasteiger partial charge is 0.481 e. The normalized spacial score (nSPS) is 12.4. The standard InChI is InChI=1S/C15H13ClFNO2/c1-9-5-6-13(10(7-9)8-14(19)20)18-15-11(16)3-2-4-12(15)17/h2-7,18H,8H2,1H3,(H,19,20)/i5D,6D,7D. The SMILES string of the molecule is [2H]c1c([2H])c(Nc2c(F)cccc2Cl)c(CC(=O)O)c([2H])c1C. The van der Waals surface area contributed by atoms with Crippen molar-refractivity contribution in [3.05, 3.63) is 58.3 Å². The van der Waals surface area contributed by atoms with Gasteiger partial charge in [-0.1, -0.05) is 35.3 Å². The Labute approximate surface area is 125 Å². The Hall–Kier alpha value is -2.07. The van der Waals surface area contributed by atoms with Crippen LogP contribution in [0.4, 0.5) is 15.8 Å². The summed E-state index contributed by atoms with van der Waals surface area (Å²) < 4.78 is 37.8. The number of benzene rings is 2. The van der Waals surface area contributed by atoms with Crippen LogP contribution in [0.15, 0.2) is 36.3 Å². The molecule has 0 radical (unpaired) electrons. The van der Waals surface area contributed by atoms with Crippen LogP contribution in [0.2, 0.25) is 5.02 Å². The van der Waals surface area contributed by atoms with E-state index in [0.717, 1.165) is 6.07 Å². The highest BCUT2D eigenvalue weighted by Gasteiger charge is 2.11. The zero-order valence-corrected chi connectivity index (χ0v) is 11.3. The van der Waals surface area contributed by atoms with Crippen LogP contribution >= 0.6 is 11.6 Å². The van der Waals surface area contributed by atoms with Crippen LogP contribution < -0.4 is 5.32 Å². The minimum atomic E-state index is -1.20. The number of carboxylic acid groups (broad SMARTS) is 1. The number of halogens is 2. The summed E-state index contributed by atoms with van der Waals surface area (Å²) in [6, 6.07) is 3.30. The van der Waals surface area contributed by atoms with Crippen LogP contribution in [-0.2, 0) is 11.2 Å². The molecule has 5 heteroatoms. The van der Waals surface area contributed by atoms with Gasteiger partial charge < -0.3 is 10.4 Å². The van der Waals surface area contributed by atoms with Gasteiger partial charge in [0.25, 0.3) is 0 Å². The lowest BCUT2D eigenvalue weighted by atomic mass is 10.1. The van der Waals surface area contributed by atoms with Crippen molar-refractivity contribution in [3.63, 3.8) is 0 Å². The van der Waals surface area contributed by atoms with Crippen LogP contribution in [0, 0.1) is 12.7 Å². The van der Waals surface area contributed by atoms with Crippen molar-refractivity contribution in [2.75, 3.05) is 5.32 Å². The van der Waals surface area contributed by atoms with Gasteiger partial charge in [0.2, 0.25) is 0 Å². The van der Waals surface area contributed by atoms with Crippen molar-refractivity contribution in [1.29, 1.82) is 0 Å². The lowest BCUT2D eigenvalue weighted by Gasteiger charge is -2.13. The maximum Gasteiger partial charge on any atom is 0.307 e. The van der Waals surface area contributed by atoms with Crippen LogP contribution in [0.3, 0.4) is 0 Å². The molecule has 0 unspecified atom stereocenters. The molecule has 20 heavy (non-hydrogen) atoms. The van der Waals surface area contributed by atoms with Crippen molar-refractivity contribution in [2.24, 2.45) is 0 Å². The summed E-state index contributed by atoms with van der Waals surface area (Å²) >= 11 is 5.93. The molecule has 0 aliphatic carbocycles. The highest BCUT2D eigenvalue weighted by atomic mass is 35.5. The fraction of sp³-hybridized carbons (Fsp3) is 0.133. The zero-order chi connectivity index (χ0) is 17.3. The lowest BCUT2D eigenvalue weighted by Crippen LogP contribution is -2.05. The molecule has 0 spiro atoms. The molecule has 0 saturated carbocycles. The van der Waals surface area contributed by atoms with E-state index in [1.165, 1.54) is 19.1 Å². The first kappa shape index (κ1) is 10.7. The van der Waals surface area contributed by atoms with Crippen LogP contribution in [0.25, 0.3) is 0 Å². The minimum absolute atomic E-state index is 0.00956. The monoisotopic (exact) mass is 296 g/mol. The summed E-state index contributed by atoms with van der Waals surface area (Å²) in [5.41, 5.74) is -0.0243.